The van der Waals surface area contributed by atoms with Crippen molar-refractivity contribution in [2.45, 2.75) is 0 Å². The zero-order chi connectivity index (χ0) is 43.1. The fourth-order valence-corrected chi connectivity index (χ4v) is 5.92. The number of benzene rings is 8. The largest absolute Gasteiger partial charge is 0.456 e. The summed E-state index contributed by atoms with van der Waals surface area (Å²) in [5.41, 5.74) is 1.37. The second kappa shape index (κ2) is 9.44. The van der Waals surface area contributed by atoms with E-state index in [1.807, 2.05) is 0 Å². The van der Waals surface area contributed by atoms with E-state index in [2.05, 4.69) is 0 Å². The van der Waals surface area contributed by atoms with E-state index in [9.17, 15) is 0 Å². The van der Waals surface area contributed by atoms with Crippen LogP contribution in [0.25, 0.3) is 87.6 Å². The lowest BCUT2D eigenvalue weighted by Crippen LogP contribution is -1.91. The monoisotopic (exact) mass is 563 g/mol. The van der Waals surface area contributed by atoms with Gasteiger partial charge in [-0.1, -0.05) is 145 Å². The van der Waals surface area contributed by atoms with Crippen LogP contribution in [0.4, 0.5) is 0 Å². The molecule has 1 heteroatoms. The highest BCUT2D eigenvalue weighted by Gasteiger charge is 2.18. The molecule has 0 bridgehead atoms. The number of para-hydroxylation sites is 1. The number of rotatable bonds is 3. The van der Waals surface area contributed by atoms with Crippen LogP contribution in [0.15, 0.2) is 162 Å². The number of fused-ring (bicyclic) bond motifs is 6. The van der Waals surface area contributed by atoms with Crippen molar-refractivity contribution in [3.05, 3.63) is 157 Å². The molecule has 0 aliphatic carbocycles. The molecule has 0 unspecified atom stereocenters. The van der Waals surface area contributed by atoms with Gasteiger partial charge in [-0.05, 0) is 77.8 Å². The van der Waals surface area contributed by atoms with Crippen LogP contribution in [0, 0.1) is 0 Å². The quantitative estimate of drug-likeness (QED) is 0.195. The Morgan fingerprint density at radius 2 is 0.953 bits per heavy atom. The first-order valence-corrected chi connectivity index (χ1v) is 13.4. The van der Waals surface area contributed by atoms with Gasteiger partial charge >= 0.3 is 0 Å². The van der Waals surface area contributed by atoms with Gasteiger partial charge in [0.05, 0.1) is 23.3 Å². The van der Waals surface area contributed by atoms with Crippen molar-refractivity contribution in [2.24, 2.45) is 0 Å². The summed E-state index contributed by atoms with van der Waals surface area (Å²) < 4.78 is 152. The summed E-state index contributed by atoms with van der Waals surface area (Å²) in [7, 11) is 0. The number of hydrogen-bond acceptors (Lipinski definition) is 1. The first-order valence-electron chi connectivity index (χ1n) is 21.9. The molecule has 0 N–H and O–H groups in total. The summed E-state index contributed by atoms with van der Waals surface area (Å²) in [5.74, 6) is 0. The van der Waals surface area contributed by atoms with Crippen molar-refractivity contribution in [2.75, 3.05) is 0 Å². The van der Waals surface area contributed by atoms with Gasteiger partial charge in [-0.15, -0.1) is 0 Å². The van der Waals surface area contributed by atoms with Crippen molar-refractivity contribution in [1.82, 2.24) is 0 Å². The molecule has 8 aromatic carbocycles. The highest BCUT2D eigenvalue weighted by Crippen LogP contribution is 2.45. The van der Waals surface area contributed by atoms with Crippen molar-refractivity contribution < 1.29 is 27.7 Å². The van der Waals surface area contributed by atoms with Crippen LogP contribution in [0.2, 0.25) is 0 Å². The Balaban J connectivity index is 1.39. The predicted octanol–water partition coefficient (Wildman–Crippen LogP) is 12.0. The van der Waals surface area contributed by atoms with Gasteiger partial charge in [0.1, 0.15) is 11.2 Å². The molecule has 1 heterocycles. The molecule has 200 valence electrons. The first kappa shape index (κ1) is 12.7. The molecule has 0 saturated heterocycles. The molecule has 43 heavy (non-hydrogen) atoms. The summed E-state index contributed by atoms with van der Waals surface area (Å²) >= 11 is 0. The van der Waals surface area contributed by atoms with E-state index in [4.69, 9.17) is 27.7 Å². The second-order valence-electron chi connectivity index (χ2n) is 9.97. The van der Waals surface area contributed by atoms with Gasteiger partial charge in [-0.3, -0.25) is 0 Å². The number of hydrogen-bond donors (Lipinski definition) is 0. The Labute approximate surface area is 273 Å². The zero-order valence-electron chi connectivity index (χ0n) is 39.1. The molecule has 0 atom stereocenters. The molecule has 0 fully saturated rings. The maximum atomic E-state index is 8.96. The molecular weight excluding hydrogens is 520 g/mol. The number of furan rings is 1. The van der Waals surface area contributed by atoms with Crippen LogP contribution in [0.3, 0.4) is 0 Å². The van der Waals surface area contributed by atoms with E-state index in [-0.39, 0.29) is 85.7 Å². The van der Waals surface area contributed by atoms with Gasteiger partial charge in [-0.2, -0.15) is 0 Å². The summed E-state index contributed by atoms with van der Waals surface area (Å²) in [6.07, 6.45) is 0. The minimum absolute atomic E-state index is 0.0420. The Bertz CT molecular complexity index is 3380. The lowest BCUT2D eigenvalue weighted by molar-refractivity contribution is 0.669. The van der Waals surface area contributed by atoms with E-state index < -0.39 is 66.5 Å². The summed E-state index contributed by atoms with van der Waals surface area (Å²) in [5, 5.41) is 1.20. The third-order valence-electron chi connectivity index (χ3n) is 7.74. The SMILES string of the molecule is [2H]c1cc2c(-c3ccc(-c4c([2H])c([2H])c([2H])c5oc6c([2H])c([2H])c([2H])c([2H])c6c45)cc3)c3cc([2H])c([2H])cc3c(-c3cc([2H])c([2H])c4c([2H])c([2H])c([2H])c([2H])c34)c2cc1[2H]. The van der Waals surface area contributed by atoms with E-state index >= 15 is 0 Å². The lowest BCUT2D eigenvalue weighted by Gasteiger charge is -2.19. The minimum Gasteiger partial charge on any atom is -0.456 e. The molecule has 9 aromatic rings. The highest BCUT2D eigenvalue weighted by atomic mass is 16.3. The summed E-state index contributed by atoms with van der Waals surface area (Å²) in [4.78, 5) is 0. The van der Waals surface area contributed by atoms with E-state index in [1.54, 1.807) is 24.3 Å². The van der Waals surface area contributed by atoms with Crippen LogP contribution in [-0.2, 0) is 0 Å². The molecule has 0 aliphatic rings. The molecule has 0 spiro atoms. The Morgan fingerprint density at radius 1 is 0.372 bits per heavy atom. The Hall–Kier alpha value is -5.66. The average molecular weight is 564 g/mol. The normalized spacial score (nSPS) is 17.3. The zero-order valence-corrected chi connectivity index (χ0v) is 22.1. The maximum Gasteiger partial charge on any atom is 0.136 e. The third-order valence-corrected chi connectivity index (χ3v) is 7.74. The molecule has 1 aromatic heterocycles. The fourth-order valence-electron chi connectivity index (χ4n) is 5.92. The smallest absolute Gasteiger partial charge is 0.136 e. The van der Waals surface area contributed by atoms with Crippen molar-refractivity contribution in [1.29, 1.82) is 0 Å². The predicted molar refractivity (Wildman–Crippen MR) is 183 cm³/mol. The first-order chi connectivity index (χ1) is 28.3. The van der Waals surface area contributed by atoms with Crippen molar-refractivity contribution >= 4 is 54.3 Å². The van der Waals surface area contributed by atoms with E-state index in [0.29, 0.717) is 38.2 Å². The summed E-state index contributed by atoms with van der Waals surface area (Å²) in [6, 6.07) is 6.75. The van der Waals surface area contributed by atoms with Crippen molar-refractivity contribution in [3.8, 4) is 33.4 Å². The molecule has 0 amide bonds. The minimum atomic E-state index is -0.580. The topological polar surface area (TPSA) is 13.1 Å². The van der Waals surface area contributed by atoms with Gasteiger partial charge in [-0.25, -0.2) is 0 Å². The molecule has 1 nitrogen and oxygen atoms in total. The van der Waals surface area contributed by atoms with Crippen LogP contribution in [0.5, 0.6) is 0 Å². The highest BCUT2D eigenvalue weighted by molar-refractivity contribution is 6.23. The van der Waals surface area contributed by atoms with Crippen LogP contribution < -0.4 is 0 Å². The van der Waals surface area contributed by atoms with Gasteiger partial charge in [0.2, 0.25) is 0 Å². The Kier molecular flexibility index (Phi) is 2.79. The fraction of sp³-hybridized carbons (Fsp3) is 0. The molecule has 0 saturated carbocycles. The summed E-state index contributed by atoms with van der Waals surface area (Å²) in [6.45, 7) is 0. The van der Waals surface area contributed by atoms with Gasteiger partial charge < -0.3 is 4.42 Å². The van der Waals surface area contributed by atoms with Gasteiger partial charge in [0, 0.05) is 10.8 Å². The van der Waals surface area contributed by atoms with Crippen LogP contribution >= 0.6 is 0 Å². The average Bonchev–Trinajstić information content (AvgIpc) is 3.62. The second-order valence-corrected chi connectivity index (χ2v) is 9.97. The van der Waals surface area contributed by atoms with Gasteiger partial charge in [0.25, 0.3) is 0 Å². The van der Waals surface area contributed by atoms with E-state index in [0.717, 1.165) is 0 Å². The maximum absolute atomic E-state index is 8.96. The lowest BCUT2D eigenvalue weighted by atomic mass is 9.84. The van der Waals surface area contributed by atoms with Crippen molar-refractivity contribution in [3.63, 3.8) is 0 Å². The van der Waals surface area contributed by atoms with Crippen LogP contribution in [0.1, 0.15) is 23.3 Å². The van der Waals surface area contributed by atoms with Gasteiger partial charge in [0.15, 0.2) is 0 Å². The van der Waals surface area contributed by atoms with Crippen LogP contribution in [-0.4, -0.2) is 0 Å². The third kappa shape index (κ3) is 3.65. The molecular formula is C42H26O. The molecule has 0 radical (unpaired) electrons. The standard InChI is InChI=1S/C42H26O/c1-2-13-30-27(11-1)12-9-20-32(30)41-35-16-5-3-14-33(35)40(34-15-4-6-17-36(34)41)29-25-23-28(24-26-29)31-19-10-22-39-42(31)37-18-7-8-21-38(37)43-39/h1-26H/i1D,2D,3D,4D,5D,6D,7D,8D,9D,10D,11D,12D,13D,18D,19D,21D,22D. The molecule has 0 aliphatic heterocycles. The molecule has 9 rings (SSSR count). The Morgan fingerprint density at radius 3 is 1.70 bits per heavy atom. The van der Waals surface area contributed by atoms with E-state index in [1.165, 1.54) is 30.3 Å².